The molecule has 0 fully saturated rings. The molecule has 1 aliphatic heterocycles. The second kappa shape index (κ2) is 5.64. The highest BCUT2D eigenvalue weighted by molar-refractivity contribution is 7.89. The van der Waals surface area contributed by atoms with E-state index in [1.807, 2.05) is 0 Å². The minimum absolute atomic E-state index is 0.224. The first-order chi connectivity index (χ1) is 8.59. The summed E-state index contributed by atoms with van der Waals surface area (Å²) in [6, 6.07) is 0. The van der Waals surface area contributed by atoms with Crippen LogP contribution in [0.2, 0.25) is 0 Å². The van der Waals surface area contributed by atoms with E-state index in [-0.39, 0.29) is 4.90 Å². The first kappa shape index (κ1) is 13.3. The fraction of sp³-hybridized carbons (Fsp3) is 0.545. The maximum Gasteiger partial charge on any atom is 0.243 e. The van der Waals surface area contributed by atoms with Gasteiger partial charge in [-0.2, -0.15) is 5.10 Å². The Bertz CT molecular complexity index is 533. The Balaban J connectivity index is 1.90. The largest absolute Gasteiger partial charge is 0.313 e. The van der Waals surface area contributed by atoms with Crippen molar-refractivity contribution in [3.05, 3.63) is 23.5 Å². The summed E-state index contributed by atoms with van der Waals surface area (Å²) in [5, 5.41) is 9.57. The minimum atomic E-state index is -3.44. The molecule has 0 radical (unpaired) electrons. The maximum absolute atomic E-state index is 12.0. The van der Waals surface area contributed by atoms with Gasteiger partial charge in [0.15, 0.2) is 0 Å². The standard InChI is InChI=1S/C11H18N4O2S/c1-9-11(8-13-15-9)18(16,17)14-7-4-10-2-5-12-6-3-10/h2,8,12,14H,3-7H2,1H3,(H,13,15). The van der Waals surface area contributed by atoms with Gasteiger partial charge in [0, 0.05) is 13.1 Å². The van der Waals surface area contributed by atoms with Crippen LogP contribution < -0.4 is 10.0 Å². The summed E-state index contributed by atoms with van der Waals surface area (Å²) in [4.78, 5) is 0.224. The van der Waals surface area contributed by atoms with E-state index in [2.05, 4.69) is 26.3 Å². The highest BCUT2D eigenvalue weighted by atomic mass is 32.2. The summed E-state index contributed by atoms with van der Waals surface area (Å²) in [5.74, 6) is 0. The molecular weight excluding hydrogens is 252 g/mol. The predicted octanol–water partition coefficient (Wildman–Crippen LogP) is 0.306. The van der Waals surface area contributed by atoms with Gasteiger partial charge in [0.25, 0.3) is 0 Å². The zero-order chi connectivity index (χ0) is 13.0. The molecule has 3 N–H and O–H groups in total. The van der Waals surface area contributed by atoms with E-state index < -0.39 is 10.0 Å². The average Bonchev–Trinajstić information content (AvgIpc) is 2.77. The number of sulfonamides is 1. The number of hydrogen-bond acceptors (Lipinski definition) is 4. The second-order valence-corrected chi connectivity index (χ2v) is 6.06. The molecule has 1 aromatic rings. The Hall–Kier alpha value is -1.18. The van der Waals surface area contributed by atoms with Crippen molar-refractivity contribution in [2.45, 2.75) is 24.7 Å². The van der Waals surface area contributed by atoms with Gasteiger partial charge < -0.3 is 5.32 Å². The van der Waals surface area contributed by atoms with Crippen molar-refractivity contribution >= 4 is 10.0 Å². The zero-order valence-electron chi connectivity index (χ0n) is 10.4. The van der Waals surface area contributed by atoms with Crippen molar-refractivity contribution in [2.75, 3.05) is 19.6 Å². The van der Waals surface area contributed by atoms with Crippen LogP contribution in [0, 0.1) is 6.92 Å². The topological polar surface area (TPSA) is 86.9 Å². The normalized spacial score (nSPS) is 16.6. The SMILES string of the molecule is Cc1[nH]ncc1S(=O)(=O)NCCC1=CCNCC1. The number of aryl methyl sites for hydroxylation is 1. The quantitative estimate of drug-likeness (QED) is 0.672. The number of rotatable bonds is 5. The molecule has 7 heteroatoms. The first-order valence-electron chi connectivity index (χ1n) is 5.98. The van der Waals surface area contributed by atoms with Gasteiger partial charge in [-0.25, -0.2) is 13.1 Å². The number of nitrogens with zero attached hydrogens (tertiary/aromatic N) is 1. The van der Waals surface area contributed by atoms with Crippen molar-refractivity contribution in [2.24, 2.45) is 0 Å². The molecule has 0 unspecified atom stereocenters. The first-order valence-corrected chi connectivity index (χ1v) is 7.46. The smallest absolute Gasteiger partial charge is 0.243 e. The van der Waals surface area contributed by atoms with E-state index in [0.29, 0.717) is 12.2 Å². The molecule has 0 saturated heterocycles. The molecule has 100 valence electrons. The third-order valence-corrected chi connectivity index (χ3v) is 4.54. The lowest BCUT2D eigenvalue weighted by Crippen LogP contribution is -2.27. The molecule has 1 aliphatic rings. The number of hydrogen-bond donors (Lipinski definition) is 3. The summed E-state index contributed by atoms with van der Waals surface area (Å²) in [5.41, 5.74) is 1.86. The van der Waals surface area contributed by atoms with E-state index in [0.717, 1.165) is 25.9 Å². The summed E-state index contributed by atoms with van der Waals surface area (Å²) in [6.45, 7) is 3.97. The van der Waals surface area contributed by atoms with Crippen LogP contribution in [-0.2, 0) is 10.0 Å². The van der Waals surface area contributed by atoms with Gasteiger partial charge in [-0.15, -0.1) is 0 Å². The Labute approximate surface area is 107 Å². The van der Waals surface area contributed by atoms with Crippen LogP contribution in [0.5, 0.6) is 0 Å². The predicted molar refractivity (Wildman–Crippen MR) is 68.7 cm³/mol. The number of H-pyrrole nitrogens is 1. The van der Waals surface area contributed by atoms with Crippen molar-refractivity contribution in [1.82, 2.24) is 20.2 Å². The lowest BCUT2D eigenvalue weighted by atomic mass is 10.1. The van der Waals surface area contributed by atoms with Crippen LogP contribution in [0.15, 0.2) is 22.7 Å². The molecule has 0 atom stereocenters. The summed E-state index contributed by atoms with van der Waals surface area (Å²) in [6.07, 6.45) is 5.21. The van der Waals surface area contributed by atoms with Gasteiger partial charge in [-0.3, -0.25) is 5.10 Å². The number of aromatic amines is 1. The van der Waals surface area contributed by atoms with Gasteiger partial charge in [0.2, 0.25) is 10.0 Å². The molecule has 2 heterocycles. The van der Waals surface area contributed by atoms with Crippen molar-refractivity contribution in [3.8, 4) is 0 Å². The van der Waals surface area contributed by atoms with Crippen LogP contribution in [0.4, 0.5) is 0 Å². The minimum Gasteiger partial charge on any atom is -0.313 e. The Kier molecular flexibility index (Phi) is 4.15. The molecule has 6 nitrogen and oxygen atoms in total. The van der Waals surface area contributed by atoms with Gasteiger partial charge in [0.1, 0.15) is 4.90 Å². The Morgan fingerprint density at radius 3 is 2.94 bits per heavy atom. The molecule has 0 amide bonds. The van der Waals surface area contributed by atoms with Gasteiger partial charge in [0.05, 0.1) is 11.9 Å². The molecule has 0 aliphatic carbocycles. The molecule has 0 aromatic carbocycles. The Morgan fingerprint density at radius 1 is 1.50 bits per heavy atom. The molecule has 0 saturated carbocycles. The summed E-state index contributed by atoms with van der Waals surface area (Å²) >= 11 is 0. The lowest BCUT2D eigenvalue weighted by Gasteiger charge is -2.14. The molecular formula is C11H18N4O2S. The van der Waals surface area contributed by atoms with Gasteiger partial charge >= 0.3 is 0 Å². The summed E-state index contributed by atoms with van der Waals surface area (Å²) in [7, 11) is -3.44. The third kappa shape index (κ3) is 3.18. The monoisotopic (exact) mass is 270 g/mol. The zero-order valence-corrected chi connectivity index (χ0v) is 11.2. The average molecular weight is 270 g/mol. The highest BCUT2D eigenvalue weighted by Crippen LogP contribution is 2.12. The van der Waals surface area contributed by atoms with Crippen molar-refractivity contribution in [3.63, 3.8) is 0 Å². The molecule has 18 heavy (non-hydrogen) atoms. The second-order valence-electron chi connectivity index (χ2n) is 4.32. The van der Waals surface area contributed by atoms with Gasteiger partial charge in [-0.05, 0) is 26.3 Å². The van der Waals surface area contributed by atoms with Crippen LogP contribution in [0.1, 0.15) is 18.5 Å². The molecule has 0 spiro atoms. The maximum atomic E-state index is 12.0. The van der Waals surface area contributed by atoms with E-state index in [1.54, 1.807) is 6.92 Å². The summed E-state index contributed by atoms with van der Waals surface area (Å²) < 4.78 is 26.5. The van der Waals surface area contributed by atoms with Gasteiger partial charge in [-0.1, -0.05) is 11.6 Å². The fourth-order valence-corrected chi connectivity index (χ4v) is 3.10. The molecule has 2 rings (SSSR count). The molecule has 0 bridgehead atoms. The van der Waals surface area contributed by atoms with Crippen molar-refractivity contribution < 1.29 is 8.42 Å². The van der Waals surface area contributed by atoms with E-state index >= 15 is 0 Å². The van der Waals surface area contributed by atoms with Crippen LogP contribution >= 0.6 is 0 Å². The highest BCUT2D eigenvalue weighted by Gasteiger charge is 2.17. The van der Waals surface area contributed by atoms with Crippen LogP contribution in [0.3, 0.4) is 0 Å². The van der Waals surface area contributed by atoms with E-state index in [9.17, 15) is 8.42 Å². The number of aromatic nitrogens is 2. The van der Waals surface area contributed by atoms with E-state index in [4.69, 9.17) is 0 Å². The van der Waals surface area contributed by atoms with E-state index in [1.165, 1.54) is 11.8 Å². The fourth-order valence-electron chi connectivity index (χ4n) is 1.93. The number of nitrogens with one attached hydrogen (secondary N) is 3. The lowest BCUT2D eigenvalue weighted by molar-refractivity contribution is 0.579. The van der Waals surface area contributed by atoms with Crippen molar-refractivity contribution in [1.29, 1.82) is 0 Å². The third-order valence-electron chi connectivity index (χ3n) is 2.97. The van der Waals surface area contributed by atoms with Crippen LogP contribution in [-0.4, -0.2) is 38.2 Å². The Morgan fingerprint density at radius 2 is 2.33 bits per heavy atom. The van der Waals surface area contributed by atoms with Crippen LogP contribution in [0.25, 0.3) is 0 Å². The molecule has 1 aromatic heterocycles.